The number of hydrogen-bond acceptors (Lipinski definition) is 6. The van der Waals surface area contributed by atoms with Crippen molar-refractivity contribution in [2.45, 2.75) is 77.9 Å². The molecule has 1 aliphatic carbocycles. The van der Waals surface area contributed by atoms with Gasteiger partial charge in [0.15, 0.2) is 0 Å². The van der Waals surface area contributed by atoms with Gasteiger partial charge in [-0.15, -0.1) is 10.2 Å². The summed E-state index contributed by atoms with van der Waals surface area (Å²) in [5, 5.41) is 8.34. The van der Waals surface area contributed by atoms with Crippen LogP contribution in [0.15, 0.2) is 28.7 Å². The van der Waals surface area contributed by atoms with E-state index in [0.29, 0.717) is 23.7 Å². The standard InChI is InChI=1S/C26H38N4O3/c1-18(2)29-14-16-30(17-15-29)24(31)20-8-12-22(13-9-20)32-21-10-6-19(7-11-21)23-27-28-25(33-23)26(3,4)5/h6-7,10-11,18,20,22H,8-9,12-17H2,1-5H3/t20-,22-. The predicted octanol–water partition coefficient (Wildman–Crippen LogP) is 4.52. The Bertz CT molecular complexity index is 916. The van der Waals surface area contributed by atoms with E-state index in [4.69, 9.17) is 9.15 Å². The number of hydrogen-bond donors (Lipinski definition) is 0. The fourth-order valence-corrected chi connectivity index (χ4v) is 4.66. The van der Waals surface area contributed by atoms with E-state index in [9.17, 15) is 4.79 Å². The van der Waals surface area contributed by atoms with Gasteiger partial charge in [0.05, 0.1) is 6.10 Å². The minimum absolute atomic E-state index is 0.146. The largest absolute Gasteiger partial charge is 0.490 e. The van der Waals surface area contributed by atoms with Crippen LogP contribution >= 0.6 is 0 Å². The number of rotatable bonds is 5. The van der Waals surface area contributed by atoms with E-state index >= 15 is 0 Å². The highest BCUT2D eigenvalue weighted by molar-refractivity contribution is 5.79. The van der Waals surface area contributed by atoms with Crippen LogP contribution in [0, 0.1) is 5.92 Å². The number of nitrogens with zero attached hydrogens (tertiary/aromatic N) is 4. The van der Waals surface area contributed by atoms with Crippen LogP contribution in [-0.4, -0.2) is 64.2 Å². The van der Waals surface area contributed by atoms with Gasteiger partial charge in [-0.2, -0.15) is 0 Å². The first-order valence-corrected chi connectivity index (χ1v) is 12.3. The summed E-state index contributed by atoms with van der Waals surface area (Å²) in [7, 11) is 0. The van der Waals surface area contributed by atoms with Gasteiger partial charge in [0, 0.05) is 49.1 Å². The molecule has 0 atom stereocenters. The molecule has 0 N–H and O–H groups in total. The third-order valence-corrected chi connectivity index (χ3v) is 6.85. The van der Waals surface area contributed by atoms with E-state index in [2.05, 4.69) is 54.6 Å². The van der Waals surface area contributed by atoms with E-state index in [-0.39, 0.29) is 17.4 Å². The van der Waals surface area contributed by atoms with Crippen LogP contribution in [-0.2, 0) is 10.2 Å². The molecule has 2 aliphatic rings. The van der Waals surface area contributed by atoms with Gasteiger partial charge in [0.1, 0.15) is 5.75 Å². The molecule has 2 aromatic rings. The van der Waals surface area contributed by atoms with Crippen LogP contribution in [0.1, 0.15) is 66.2 Å². The van der Waals surface area contributed by atoms with E-state index < -0.39 is 0 Å². The van der Waals surface area contributed by atoms with Crippen LogP contribution in [0.25, 0.3) is 11.5 Å². The summed E-state index contributed by atoms with van der Waals surface area (Å²) >= 11 is 0. The van der Waals surface area contributed by atoms with E-state index in [1.807, 2.05) is 24.3 Å². The van der Waals surface area contributed by atoms with Gasteiger partial charge in [-0.25, -0.2) is 0 Å². The maximum atomic E-state index is 13.0. The van der Waals surface area contributed by atoms with Crippen molar-refractivity contribution in [2.24, 2.45) is 5.92 Å². The fraction of sp³-hybridized carbons (Fsp3) is 0.654. The number of benzene rings is 1. The fourth-order valence-electron chi connectivity index (χ4n) is 4.66. The second-order valence-corrected chi connectivity index (χ2v) is 10.7. The highest BCUT2D eigenvalue weighted by Gasteiger charge is 2.32. The highest BCUT2D eigenvalue weighted by atomic mass is 16.5. The van der Waals surface area contributed by atoms with E-state index in [0.717, 1.165) is 63.2 Å². The van der Waals surface area contributed by atoms with Crippen LogP contribution in [0.4, 0.5) is 0 Å². The summed E-state index contributed by atoms with van der Waals surface area (Å²) in [6.45, 7) is 14.3. The lowest BCUT2D eigenvalue weighted by Crippen LogP contribution is -2.52. The maximum Gasteiger partial charge on any atom is 0.247 e. The molecule has 7 heteroatoms. The molecule has 0 radical (unpaired) electrons. The first kappa shape index (κ1) is 23.7. The van der Waals surface area contributed by atoms with Gasteiger partial charge >= 0.3 is 0 Å². The molecule has 2 heterocycles. The predicted molar refractivity (Wildman–Crippen MR) is 128 cm³/mol. The molecule has 0 bridgehead atoms. The zero-order valence-electron chi connectivity index (χ0n) is 20.7. The van der Waals surface area contributed by atoms with Crippen LogP contribution in [0.3, 0.4) is 0 Å². The third-order valence-electron chi connectivity index (χ3n) is 6.85. The highest BCUT2D eigenvalue weighted by Crippen LogP contribution is 2.31. The topological polar surface area (TPSA) is 71.7 Å². The van der Waals surface area contributed by atoms with Gasteiger partial charge in [-0.3, -0.25) is 9.69 Å². The minimum Gasteiger partial charge on any atom is -0.490 e. The third kappa shape index (κ3) is 5.75. The van der Waals surface area contributed by atoms with E-state index in [1.165, 1.54) is 0 Å². The van der Waals surface area contributed by atoms with Crippen molar-refractivity contribution in [3.63, 3.8) is 0 Å². The lowest BCUT2D eigenvalue weighted by molar-refractivity contribution is -0.139. The van der Waals surface area contributed by atoms with Gasteiger partial charge in [-0.05, 0) is 63.8 Å². The molecule has 0 unspecified atom stereocenters. The van der Waals surface area contributed by atoms with Crippen molar-refractivity contribution in [3.8, 4) is 17.2 Å². The molecule has 2 fully saturated rings. The Morgan fingerprint density at radius 2 is 1.64 bits per heavy atom. The molecule has 1 saturated heterocycles. The Labute approximate surface area is 197 Å². The summed E-state index contributed by atoms with van der Waals surface area (Å²) in [5.74, 6) is 2.49. The van der Waals surface area contributed by atoms with Gasteiger partial charge in [0.25, 0.3) is 0 Å². The average Bonchev–Trinajstić information content (AvgIpc) is 3.31. The number of aromatic nitrogens is 2. The second-order valence-electron chi connectivity index (χ2n) is 10.7. The molecule has 180 valence electrons. The lowest BCUT2D eigenvalue weighted by Gasteiger charge is -2.39. The van der Waals surface area contributed by atoms with Crippen LogP contribution < -0.4 is 4.74 Å². The SMILES string of the molecule is CC(C)N1CCN(C(=O)[C@H]2CC[C@H](Oc3ccc(-c4nnc(C(C)(C)C)o4)cc3)CC2)CC1. The normalized spacial score (nSPS) is 22.5. The van der Waals surface area contributed by atoms with Gasteiger partial charge in [-0.1, -0.05) is 20.8 Å². The van der Waals surface area contributed by atoms with Gasteiger partial charge < -0.3 is 14.1 Å². The van der Waals surface area contributed by atoms with Crippen molar-refractivity contribution in [2.75, 3.05) is 26.2 Å². The molecule has 1 aromatic carbocycles. The summed E-state index contributed by atoms with van der Waals surface area (Å²) in [6, 6.07) is 8.39. The Morgan fingerprint density at radius 1 is 1.00 bits per heavy atom. The van der Waals surface area contributed by atoms with Crippen molar-refractivity contribution in [1.29, 1.82) is 0 Å². The molecule has 1 amide bonds. The summed E-state index contributed by atoms with van der Waals surface area (Å²) in [6.07, 6.45) is 3.81. The second kappa shape index (κ2) is 9.84. The van der Waals surface area contributed by atoms with Crippen molar-refractivity contribution in [3.05, 3.63) is 30.2 Å². The first-order chi connectivity index (χ1) is 15.7. The Hall–Kier alpha value is -2.41. The number of ether oxygens (including phenoxy) is 1. The zero-order valence-corrected chi connectivity index (χ0v) is 20.7. The Kier molecular flexibility index (Phi) is 7.07. The zero-order chi connectivity index (χ0) is 23.6. The van der Waals surface area contributed by atoms with Crippen LogP contribution in [0.5, 0.6) is 5.75 Å². The Morgan fingerprint density at radius 3 is 2.18 bits per heavy atom. The number of carbonyl (C=O) groups is 1. The van der Waals surface area contributed by atoms with Crippen molar-refractivity contribution in [1.82, 2.24) is 20.0 Å². The number of piperazine rings is 1. The average molecular weight is 455 g/mol. The van der Waals surface area contributed by atoms with Crippen molar-refractivity contribution < 1.29 is 13.9 Å². The molecular formula is C26H38N4O3. The lowest BCUT2D eigenvalue weighted by atomic mass is 9.86. The first-order valence-electron chi connectivity index (χ1n) is 12.3. The monoisotopic (exact) mass is 454 g/mol. The molecule has 1 saturated carbocycles. The molecule has 7 nitrogen and oxygen atoms in total. The molecule has 4 rings (SSSR count). The van der Waals surface area contributed by atoms with Gasteiger partial charge in [0.2, 0.25) is 17.7 Å². The number of amides is 1. The van der Waals surface area contributed by atoms with Crippen LogP contribution in [0.2, 0.25) is 0 Å². The smallest absolute Gasteiger partial charge is 0.247 e. The van der Waals surface area contributed by atoms with Crippen molar-refractivity contribution >= 4 is 5.91 Å². The minimum atomic E-state index is -0.170. The van der Waals surface area contributed by atoms with E-state index in [1.54, 1.807) is 0 Å². The summed E-state index contributed by atoms with van der Waals surface area (Å²) in [5.41, 5.74) is 0.717. The summed E-state index contributed by atoms with van der Waals surface area (Å²) < 4.78 is 12.0. The molecule has 1 aromatic heterocycles. The Balaban J connectivity index is 1.25. The molecule has 0 spiro atoms. The summed E-state index contributed by atoms with van der Waals surface area (Å²) in [4.78, 5) is 17.5. The molecule has 1 aliphatic heterocycles. The molecule has 33 heavy (non-hydrogen) atoms. The maximum absolute atomic E-state index is 13.0. The quantitative estimate of drug-likeness (QED) is 0.661. The molecular weight excluding hydrogens is 416 g/mol. The number of carbonyl (C=O) groups excluding carboxylic acids is 1.